The number of furan rings is 1. The molecule has 2 aromatic heterocycles. The van der Waals surface area contributed by atoms with Gasteiger partial charge in [-0.05, 0) is 43.5 Å². The number of aromatic amines is 1. The summed E-state index contributed by atoms with van der Waals surface area (Å²) in [5.74, 6) is 0.475. The number of nitrogens with zero attached hydrogens (tertiary/aromatic N) is 1. The fourth-order valence-electron chi connectivity index (χ4n) is 4.83. The normalized spacial score (nSPS) is 24.4. The monoisotopic (exact) mass is 378 g/mol. The van der Waals surface area contributed by atoms with Gasteiger partial charge in [0.2, 0.25) is 0 Å². The van der Waals surface area contributed by atoms with Crippen molar-refractivity contribution >= 4 is 22.7 Å². The molecular weight excluding hydrogens is 356 g/mol. The van der Waals surface area contributed by atoms with Crippen LogP contribution in [0.15, 0.2) is 40.8 Å². The van der Waals surface area contributed by atoms with Crippen LogP contribution in [0.5, 0.6) is 0 Å². The third-order valence-electron chi connectivity index (χ3n) is 6.13. The van der Waals surface area contributed by atoms with Crippen molar-refractivity contribution in [2.75, 3.05) is 7.11 Å². The first-order chi connectivity index (χ1) is 13.6. The van der Waals surface area contributed by atoms with E-state index in [0.29, 0.717) is 19.4 Å². The highest BCUT2D eigenvalue weighted by Gasteiger charge is 2.50. The van der Waals surface area contributed by atoms with Crippen molar-refractivity contribution in [3.8, 4) is 0 Å². The number of ketones is 1. The fraction of sp³-hybridized carbons (Fsp3) is 0.364. The summed E-state index contributed by atoms with van der Waals surface area (Å²) in [5.41, 5.74) is 3.35. The lowest BCUT2D eigenvalue weighted by atomic mass is 9.76. The zero-order chi connectivity index (χ0) is 19.4. The van der Waals surface area contributed by atoms with E-state index in [1.807, 2.05) is 31.2 Å². The summed E-state index contributed by atoms with van der Waals surface area (Å²) in [7, 11) is 1.35. The van der Waals surface area contributed by atoms with Crippen LogP contribution < -0.4 is 0 Å². The first kappa shape index (κ1) is 17.3. The van der Waals surface area contributed by atoms with E-state index in [0.717, 1.165) is 28.1 Å². The van der Waals surface area contributed by atoms with Crippen molar-refractivity contribution in [1.29, 1.82) is 0 Å². The number of benzene rings is 1. The number of ether oxygens (including phenoxy) is 1. The molecule has 6 nitrogen and oxygen atoms in total. The van der Waals surface area contributed by atoms with Gasteiger partial charge in [0, 0.05) is 16.6 Å². The van der Waals surface area contributed by atoms with Crippen LogP contribution in [0.25, 0.3) is 10.9 Å². The second-order valence-corrected chi connectivity index (χ2v) is 7.70. The molecule has 5 rings (SSSR count). The van der Waals surface area contributed by atoms with Crippen molar-refractivity contribution < 1.29 is 18.7 Å². The highest BCUT2D eigenvalue weighted by molar-refractivity contribution is 6.03. The molecule has 0 spiro atoms. The summed E-state index contributed by atoms with van der Waals surface area (Å²) in [6, 6.07) is 11.6. The summed E-state index contributed by atoms with van der Waals surface area (Å²) in [4.78, 5) is 31.2. The average molecular weight is 378 g/mol. The Morgan fingerprint density at radius 1 is 1.25 bits per heavy atom. The van der Waals surface area contributed by atoms with Crippen LogP contribution in [0.4, 0.5) is 0 Å². The highest BCUT2D eigenvalue weighted by atomic mass is 16.5. The molecule has 2 bridgehead atoms. The van der Waals surface area contributed by atoms with Gasteiger partial charge in [0.1, 0.15) is 17.4 Å². The lowest BCUT2D eigenvalue weighted by molar-refractivity contribution is -0.156. The lowest BCUT2D eigenvalue weighted by Crippen LogP contribution is -2.56. The SMILES string of the molecule is COC(=O)C1C[C@H]2c3[nH]c4ccccc4c3CC(C1=O)N2Cc1ccc(C)o1. The summed E-state index contributed by atoms with van der Waals surface area (Å²) < 4.78 is 10.7. The number of aryl methyl sites for hydroxylation is 1. The minimum Gasteiger partial charge on any atom is -0.468 e. The van der Waals surface area contributed by atoms with Gasteiger partial charge in [0.25, 0.3) is 0 Å². The lowest BCUT2D eigenvalue weighted by Gasteiger charge is -2.46. The van der Waals surface area contributed by atoms with Crippen molar-refractivity contribution in [2.45, 2.75) is 38.4 Å². The predicted molar refractivity (Wildman–Crippen MR) is 103 cm³/mol. The Balaban J connectivity index is 1.61. The van der Waals surface area contributed by atoms with E-state index in [-0.39, 0.29) is 17.9 Å². The van der Waals surface area contributed by atoms with Crippen LogP contribution in [0, 0.1) is 12.8 Å². The van der Waals surface area contributed by atoms with Gasteiger partial charge in [0.05, 0.1) is 25.7 Å². The largest absolute Gasteiger partial charge is 0.468 e. The number of hydrogen-bond acceptors (Lipinski definition) is 5. The quantitative estimate of drug-likeness (QED) is 0.559. The maximum absolute atomic E-state index is 13.2. The molecule has 3 aromatic rings. The van der Waals surface area contributed by atoms with Gasteiger partial charge in [-0.25, -0.2) is 0 Å². The van der Waals surface area contributed by atoms with E-state index in [4.69, 9.17) is 9.15 Å². The number of esters is 1. The molecule has 6 heteroatoms. The van der Waals surface area contributed by atoms with Crippen molar-refractivity contribution in [2.24, 2.45) is 5.92 Å². The second-order valence-electron chi connectivity index (χ2n) is 7.70. The first-order valence-corrected chi connectivity index (χ1v) is 9.59. The number of aromatic nitrogens is 1. The predicted octanol–water partition coefficient (Wildman–Crippen LogP) is 3.30. The number of Topliss-reactive ketones (excluding diaryl/α,β-unsaturated/α-hetero) is 1. The number of nitrogens with one attached hydrogen (secondary N) is 1. The molecule has 1 N–H and O–H groups in total. The van der Waals surface area contributed by atoms with Gasteiger partial charge in [-0.3, -0.25) is 14.5 Å². The summed E-state index contributed by atoms with van der Waals surface area (Å²) in [6.45, 7) is 2.45. The maximum atomic E-state index is 13.2. The number of fused-ring (bicyclic) bond motifs is 6. The van der Waals surface area contributed by atoms with E-state index < -0.39 is 11.9 Å². The van der Waals surface area contributed by atoms with Gasteiger partial charge in [-0.1, -0.05) is 18.2 Å². The highest BCUT2D eigenvalue weighted by Crippen LogP contribution is 2.45. The van der Waals surface area contributed by atoms with Gasteiger partial charge in [-0.2, -0.15) is 0 Å². The molecule has 0 amide bonds. The number of H-pyrrole nitrogens is 1. The molecule has 4 heterocycles. The zero-order valence-corrected chi connectivity index (χ0v) is 15.9. The minimum absolute atomic E-state index is 0.0534. The van der Waals surface area contributed by atoms with Crippen molar-refractivity contribution in [3.05, 3.63) is 59.2 Å². The number of para-hydroxylation sites is 1. The maximum Gasteiger partial charge on any atom is 0.316 e. The van der Waals surface area contributed by atoms with Gasteiger partial charge < -0.3 is 14.1 Å². The van der Waals surface area contributed by atoms with Crippen LogP contribution in [-0.2, 0) is 27.3 Å². The smallest absolute Gasteiger partial charge is 0.316 e. The van der Waals surface area contributed by atoms with Crippen LogP contribution >= 0.6 is 0 Å². The molecule has 2 aliphatic heterocycles. The van der Waals surface area contributed by atoms with Crippen LogP contribution in [-0.4, -0.2) is 34.8 Å². The molecule has 1 aromatic carbocycles. The Kier molecular flexibility index (Phi) is 3.91. The van der Waals surface area contributed by atoms with Gasteiger partial charge >= 0.3 is 5.97 Å². The Morgan fingerprint density at radius 2 is 2.07 bits per heavy atom. The third kappa shape index (κ3) is 2.52. The summed E-state index contributed by atoms with van der Waals surface area (Å²) in [6.07, 6.45) is 1.00. The Hall–Kier alpha value is -2.86. The average Bonchev–Trinajstić information content (AvgIpc) is 3.27. The van der Waals surface area contributed by atoms with E-state index in [1.54, 1.807) is 0 Å². The standard InChI is InChI=1S/C22H22N2O4/c1-12-7-8-13(28-12)11-24-18-10-16(22(26)27-2)21(25)19(24)9-15-14-5-3-4-6-17(14)23-20(15)18/h3-8,16,18-19,23H,9-11H2,1-2H3/t16?,18-,19?/m0/s1. The minimum atomic E-state index is -0.714. The number of rotatable bonds is 3. The number of methoxy groups -OCH3 is 1. The Bertz CT molecular complexity index is 1080. The molecular formula is C22H22N2O4. The van der Waals surface area contributed by atoms with E-state index in [1.165, 1.54) is 12.7 Å². The number of carbonyl (C=O) groups is 2. The zero-order valence-electron chi connectivity index (χ0n) is 15.9. The third-order valence-corrected chi connectivity index (χ3v) is 6.13. The molecule has 144 valence electrons. The molecule has 0 aliphatic carbocycles. The molecule has 0 saturated carbocycles. The number of piperidine rings is 1. The fourth-order valence-corrected chi connectivity index (χ4v) is 4.83. The van der Waals surface area contributed by atoms with Crippen LogP contribution in [0.2, 0.25) is 0 Å². The Morgan fingerprint density at radius 3 is 2.82 bits per heavy atom. The topological polar surface area (TPSA) is 75.5 Å². The molecule has 0 radical (unpaired) electrons. The number of carbonyl (C=O) groups excluding carboxylic acids is 2. The van der Waals surface area contributed by atoms with Gasteiger partial charge in [0.15, 0.2) is 5.78 Å². The molecule has 3 atom stereocenters. The van der Waals surface area contributed by atoms with Crippen LogP contribution in [0.1, 0.15) is 35.2 Å². The van der Waals surface area contributed by atoms with Crippen LogP contribution in [0.3, 0.4) is 0 Å². The van der Waals surface area contributed by atoms with E-state index in [9.17, 15) is 9.59 Å². The number of hydrogen-bond donors (Lipinski definition) is 1. The Labute approximate surface area is 162 Å². The molecule has 1 fully saturated rings. The van der Waals surface area contributed by atoms with Crippen molar-refractivity contribution in [1.82, 2.24) is 9.88 Å². The molecule has 1 saturated heterocycles. The molecule has 28 heavy (non-hydrogen) atoms. The summed E-state index contributed by atoms with van der Waals surface area (Å²) in [5, 5.41) is 1.16. The molecule has 2 unspecified atom stereocenters. The van der Waals surface area contributed by atoms with E-state index >= 15 is 0 Å². The molecule has 2 aliphatic rings. The summed E-state index contributed by atoms with van der Waals surface area (Å²) >= 11 is 0. The van der Waals surface area contributed by atoms with Crippen molar-refractivity contribution in [3.63, 3.8) is 0 Å². The second kappa shape index (κ2) is 6.34. The van der Waals surface area contributed by atoms with Gasteiger partial charge in [-0.15, -0.1) is 0 Å². The first-order valence-electron chi connectivity index (χ1n) is 9.59. The van der Waals surface area contributed by atoms with E-state index in [2.05, 4.69) is 22.0 Å².